The summed E-state index contributed by atoms with van der Waals surface area (Å²) in [7, 11) is 1.62. The molecule has 1 spiro atoms. The van der Waals surface area contributed by atoms with E-state index in [2.05, 4.69) is 10.2 Å². The van der Waals surface area contributed by atoms with Gasteiger partial charge in [0.05, 0.1) is 24.3 Å². The highest BCUT2D eigenvalue weighted by atomic mass is 16.5. The molecule has 0 radical (unpaired) electrons. The van der Waals surface area contributed by atoms with Crippen LogP contribution in [-0.4, -0.2) is 58.9 Å². The van der Waals surface area contributed by atoms with Gasteiger partial charge in [-0.2, -0.15) is 5.10 Å². The number of methoxy groups -OCH3 is 1. The summed E-state index contributed by atoms with van der Waals surface area (Å²) in [6.45, 7) is 1.72. The van der Waals surface area contributed by atoms with Crippen molar-refractivity contribution in [1.82, 2.24) is 15.1 Å². The molecule has 2 aliphatic rings. The predicted molar refractivity (Wildman–Crippen MR) is 119 cm³/mol. The Kier molecular flexibility index (Phi) is 5.24. The van der Waals surface area contributed by atoms with E-state index < -0.39 is 5.41 Å². The van der Waals surface area contributed by atoms with Gasteiger partial charge in [0.25, 0.3) is 5.91 Å². The van der Waals surface area contributed by atoms with Crippen LogP contribution in [0, 0.1) is 5.41 Å². The number of nitrogens with one attached hydrogen (secondary N) is 1. The number of hydrogen-bond donors (Lipinski definition) is 2. The normalized spacial score (nSPS) is 17.5. The lowest BCUT2D eigenvalue weighted by Crippen LogP contribution is -2.46. The number of carbonyl (C=O) groups excluding carboxylic acids is 2. The molecule has 0 atom stereocenters. The lowest BCUT2D eigenvalue weighted by atomic mass is 9.77. The first-order chi connectivity index (χ1) is 16.0. The van der Waals surface area contributed by atoms with Crippen LogP contribution >= 0.6 is 0 Å². The minimum Gasteiger partial charge on any atom is -0.496 e. The standard InChI is InChI=1S/C24H25N5O4/c1-33-21-14-19(2-3-20(21)18-15-25-26-16-18)29-13-8-24(23(29)31)6-11-27(12-7-24)22(30)17-4-9-28(32)10-5-17/h2-5,9-10,14-16,32H,6-8,11-13H2,1H3/p+1. The lowest BCUT2D eigenvalue weighted by molar-refractivity contribution is -0.904. The molecular formula is C24H26N5O4+. The van der Waals surface area contributed by atoms with Crippen molar-refractivity contribution < 1.29 is 24.3 Å². The second-order valence-corrected chi connectivity index (χ2v) is 8.62. The van der Waals surface area contributed by atoms with E-state index >= 15 is 0 Å². The molecule has 33 heavy (non-hydrogen) atoms. The van der Waals surface area contributed by atoms with Crippen LogP contribution in [0.25, 0.3) is 11.1 Å². The number of aromatic nitrogens is 3. The van der Waals surface area contributed by atoms with Gasteiger partial charge < -0.3 is 14.5 Å². The van der Waals surface area contributed by atoms with Crippen molar-refractivity contribution in [2.75, 3.05) is 31.6 Å². The van der Waals surface area contributed by atoms with Crippen LogP contribution in [0.2, 0.25) is 0 Å². The van der Waals surface area contributed by atoms with Gasteiger partial charge in [0.2, 0.25) is 18.3 Å². The van der Waals surface area contributed by atoms with Crippen LogP contribution in [0.15, 0.2) is 55.1 Å². The maximum Gasteiger partial charge on any atom is 0.254 e. The Labute approximate surface area is 191 Å². The van der Waals surface area contributed by atoms with Crippen molar-refractivity contribution in [3.05, 3.63) is 60.7 Å². The highest BCUT2D eigenvalue weighted by Crippen LogP contribution is 2.44. The zero-order valence-electron chi connectivity index (χ0n) is 18.4. The maximum atomic E-state index is 13.5. The van der Waals surface area contributed by atoms with E-state index in [1.165, 1.54) is 12.4 Å². The van der Waals surface area contributed by atoms with Gasteiger partial charge in [-0.1, -0.05) is 0 Å². The summed E-state index contributed by atoms with van der Waals surface area (Å²) in [6, 6.07) is 8.99. The number of likely N-dealkylation sites (tertiary alicyclic amines) is 1. The molecule has 2 saturated heterocycles. The average Bonchev–Trinajstić information content (AvgIpc) is 3.49. The summed E-state index contributed by atoms with van der Waals surface area (Å²) in [4.78, 5) is 30.0. The number of H-pyrrole nitrogens is 1. The molecule has 1 aromatic carbocycles. The number of pyridine rings is 1. The summed E-state index contributed by atoms with van der Waals surface area (Å²) >= 11 is 0. The monoisotopic (exact) mass is 448 g/mol. The van der Waals surface area contributed by atoms with Crippen LogP contribution in [0.4, 0.5) is 5.69 Å². The number of nitrogens with zero attached hydrogens (tertiary/aromatic N) is 4. The number of hydrogen-bond acceptors (Lipinski definition) is 5. The molecule has 0 unspecified atom stereocenters. The Balaban J connectivity index is 1.30. The number of rotatable bonds is 4. The van der Waals surface area contributed by atoms with Gasteiger partial charge in [0.1, 0.15) is 5.75 Å². The zero-order chi connectivity index (χ0) is 23.0. The number of benzene rings is 1. The highest BCUT2D eigenvalue weighted by Gasteiger charge is 2.49. The quantitative estimate of drug-likeness (QED) is 0.471. The van der Waals surface area contributed by atoms with Crippen molar-refractivity contribution in [1.29, 1.82) is 0 Å². The van der Waals surface area contributed by atoms with E-state index in [0.717, 1.165) is 28.0 Å². The first kappa shape index (κ1) is 21.0. The Morgan fingerprint density at radius 3 is 2.55 bits per heavy atom. The Hall–Kier alpha value is -3.88. The number of ether oxygens (including phenoxy) is 1. The van der Waals surface area contributed by atoms with E-state index in [-0.39, 0.29) is 11.8 Å². The molecule has 0 aliphatic carbocycles. The number of piperidine rings is 1. The molecule has 9 heteroatoms. The summed E-state index contributed by atoms with van der Waals surface area (Å²) in [6.07, 6.45) is 8.47. The molecule has 0 saturated carbocycles. The summed E-state index contributed by atoms with van der Waals surface area (Å²) in [5.41, 5.74) is 2.75. The predicted octanol–water partition coefficient (Wildman–Crippen LogP) is 2.27. The second kappa shape index (κ2) is 8.23. The topological polar surface area (TPSA) is 103 Å². The smallest absolute Gasteiger partial charge is 0.254 e. The van der Waals surface area contributed by atoms with Crippen LogP contribution in [0.3, 0.4) is 0 Å². The molecule has 4 heterocycles. The van der Waals surface area contributed by atoms with Crippen LogP contribution in [0.5, 0.6) is 5.75 Å². The molecule has 2 aromatic heterocycles. The number of carbonyl (C=O) groups is 2. The van der Waals surface area contributed by atoms with Gasteiger partial charge >= 0.3 is 0 Å². The molecule has 9 nitrogen and oxygen atoms in total. The van der Waals surface area contributed by atoms with E-state index in [1.807, 2.05) is 23.1 Å². The molecule has 3 aromatic rings. The van der Waals surface area contributed by atoms with Crippen LogP contribution < -0.4 is 14.4 Å². The maximum absolute atomic E-state index is 13.5. The highest BCUT2D eigenvalue weighted by molar-refractivity contribution is 6.01. The minimum absolute atomic E-state index is 0.0766. The molecule has 2 aliphatic heterocycles. The molecule has 170 valence electrons. The first-order valence-electron chi connectivity index (χ1n) is 11.0. The molecule has 5 rings (SSSR count). The fourth-order valence-electron chi connectivity index (χ4n) is 4.90. The SMILES string of the molecule is COc1cc(N2CCC3(CCN(C(=O)c4cc[n+](O)cc4)CC3)C2=O)ccc1-c1cn[nH]c1. The third kappa shape index (κ3) is 3.69. The Morgan fingerprint density at radius 2 is 1.88 bits per heavy atom. The first-order valence-corrected chi connectivity index (χ1v) is 11.0. The van der Waals surface area contributed by atoms with E-state index in [0.29, 0.717) is 43.8 Å². The largest absolute Gasteiger partial charge is 0.496 e. The summed E-state index contributed by atoms with van der Waals surface area (Å²) in [5.74, 6) is 0.733. The van der Waals surface area contributed by atoms with Gasteiger partial charge in [-0.05, 0) is 31.4 Å². The van der Waals surface area contributed by atoms with Gasteiger partial charge in [-0.3, -0.25) is 19.9 Å². The third-order valence-electron chi connectivity index (χ3n) is 6.89. The number of anilines is 1. The van der Waals surface area contributed by atoms with Crippen molar-refractivity contribution in [3.63, 3.8) is 0 Å². The van der Waals surface area contributed by atoms with Gasteiger partial charge in [0, 0.05) is 65.6 Å². The molecule has 2 fully saturated rings. The van der Waals surface area contributed by atoms with Crippen molar-refractivity contribution in [3.8, 4) is 16.9 Å². The summed E-state index contributed by atoms with van der Waals surface area (Å²) < 4.78 is 6.50. The fraction of sp³-hybridized carbons (Fsp3) is 0.333. The van der Waals surface area contributed by atoms with Crippen LogP contribution in [0.1, 0.15) is 29.6 Å². The van der Waals surface area contributed by atoms with E-state index in [1.54, 1.807) is 36.5 Å². The Bertz CT molecular complexity index is 1170. The molecule has 2 N–H and O–H groups in total. The van der Waals surface area contributed by atoms with Gasteiger partial charge in [-0.15, -0.1) is 0 Å². The van der Waals surface area contributed by atoms with Crippen molar-refractivity contribution in [2.24, 2.45) is 5.41 Å². The molecule has 0 bridgehead atoms. The lowest BCUT2D eigenvalue weighted by Gasteiger charge is -2.38. The average molecular weight is 449 g/mol. The second-order valence-electron chi connectivity index (χ2n) is 8.62. The van der Waals surface area contributed by atoms with Gasteiger partial charge in [0.15, 0.2) is 0 Å². The number of aromatic amines is 1. The van der Waals surface area contributed by atoms with Crippen LogP contribution in [-0.2, 0) is 4.79 Å². The van der Waals surface area contributed by atoms with Crippen molar-refractivity contribution in [2.45, 2.75) is 19.3 Å². The fourth-order valence-corrected chi connectivity index (χ4v) is 4.90. The van der Waals surface area contributed by atoms with E-state index in [9.17, 15) is 14.8 Å². The zero-order valence-corrected chi connectivity index (χ0v) is 18.4. The minimum atomic E-state index is -0.432. The Morgan fingerprint density at radius 1 is 1.15 bits per heavy atom. The van der Waals surface area contributed by atoms with Gasteiger partial charge in [-0.25, -0.2) is 0 Å². The molecular weight excluding hydrogens is 422 g/mol. The molecule has 2 amide bonds. The van der Waals surface area contributed by atoms with E-state index in [4.69, 9.17) is 4.74 Å². The number of amides is 2. The summed E-state index contributed by atoms with van der Waals surface area (Å²) in [5, 5.41) is 16.2. The third-order valence-corrected chi connectivity index (χ3v) is 6.89. The van der Waals surface area contributed by atoms with Crippen molar-refractivity contribution >= 4 is 17.5 Å².